The van der Waals surface area contributed by atoms with Gasteiger partial charge in [-0.2, -0.15) is 0 Å². The third-order valence-corrected chi connectivity index (χ3v) is 7.37. The lowest BCUT2D eigenvalue weighted by atomic mass is 10.0. The molecule has 27 heavy (non-hydrogen) atoms. The topological polar surface area (TPSA) is 130 Å². The molecule has 2 amide bonds. The molecule has 1 unspecified atom stereocenters. The summed E-state index contributed by atoms with van der Waals surface area (Å²) in [6, 6.07) is 1.63. The predicted octanol–water partition coefficient (Wildman–Crippen LogP) is 2.00. The second kappa shape index (κ2) is 10.1. The van der Waals surface area contributed by atoms with E-state index in [-0.39, 0.29) is 24.6 Å². The molecule has 2 N–H and O–H groups in total. The fraction of sp³-hybridized carbons (Fsp3) is 0.688. The Morgan fingerprint density at radius 3 is 2.67 bits per heavy atom. The molecule has 1 aromatic rings. The number of unbranched alkanes of at least 4 members (excludes halogenated alkanes) is 1. The molecular formula is C16H27N3O6S2. The number of amides is 2. The van der Waals surface area contributed by atoms with Gasteiger partial charge < -0.3 is 9.42 Å². The summed E-state index contributed by atoms with van der Waals surface area (Å²) in [5.74, 6) is 0.228. The Morgan fingerprint density at radius 1 is 1.44 bits per heavy atom. The van der Waals surface area contributed by atoms with E-state index in [4.69, 9.17) is 9.73 Å². The molecule has 0 radical (unpaired) electrons. The first kappa shape index (κ1) is 23.4. The SMILES string of the molecule is CCCCSC(=O)N(C)Cc1cc(CCC(C)(C(=O)NO)S(C)(=O)=O)no1. The first-order chi connectivity index (χ1) is 12.5. The molecule has 0 spiro atoms. The first-order valence-electron chi connectivity index (χ1n) is 8.51. The van der Waals surface area contributed by atoms with Crippen molar-refractivity contribution in [1.82, 2.24) is 15.5 Å². The fourth-order valence-electron chi connectivity index (χ4n) is 2.21. The number of rotatable bonds is 10. The van der Waals surface area contributed by atoms with Gasteiger partial charge in [0.15, 0.2) is 15.6 Å². The van der Waals surface area contributed by atoms with Crippen LogP contribution in [-0.2, 0) is 27.6 Å². The molecule has 1 aromatic heterocycles. The van der Waals surface area contributed by atoms with Crippen LogP contribution in [0.2, 0.25) is 0 Å². The molecule has 0 aromatic carbocycles. The summed E-state index contributed by atoms with van der Waals surface area (Å²) in [6.45, 7) is 3.55. The van der Waals surface area contributed by atoms with E-state index in [1.807, 2.05) is 0 Å². The van der Waals surface area contributed by atoms with Gasteiger partial charge in [-0.25, -0.2) is 13.9 Å². The minimum Gasteiger partial charge on any atom is -0.359 e. The maximum Gasteiger partial charge on any atom is 0.281 e. The Labute approximate surface area is 163 Å². The Morgan fingerprint density at radius 2 is 2.11 bits per heavy atom. The van der Waals surface area contributed by atoms with Crippen LogP contribution in [0, 0.1) is 0 Å². The summed E-state index contributed by atoms with van der Waals surface area (Å²) in [5, 5.41) is 12.6. The van der Waals surface area contributed by atoms with Crippen molar-refractivity contribution in [3.63, 3.8) is 0 Å². The highest BCUT2D eigenvalue weighted by Gasteiger charge is 2.43. The van der Waals surface area contributed by atoms with E-state index >= 15 is 0 Å². The zero-order valence-electron chi connectivity index (χ0n) is 16.0. The van der Waals surface area contributed by atoms with Gasteiger partial charge in [0, 0.05) is 25.1 Å². The van der Waals surface area contributed by atoms with Gasteiger partial charge in [0.1, 0.15) is 4.75 Å². The van der Waals surface area contributed by atoms with Crippen LogP contribution in [0.5, 0.6) is 0 Å². The molecule has 0 aliphatic heterocycles. The Balaban J connectivity index is 2.69. The number of thioether (sulfide) groups is 1. The smallest absolute Gasteiger partial charge is 0.281 e. The van der Waals surface area contributed by atoms with Crippen LogP contribution in [0.15, 0.2) is 10.6 Å². The molecule has 0 saturated carbocycles. The van der Waals surface area contributed by atoms with E-state index in [0.29, 0.717) is 11.5 Å². The van der Waals surface area contributed by atoms with Crippen molar-refractivity contribution in [1.29, 1.82) is 0 Å². The summed E-state index contributed by atoms with van der Waals surface area (Å²) in [6.07, 6.45) is 3.01. The van der Waals surface area contributed by atoms with Gasteiger partial charge >= 0.3 is 0 Å². The molecule has 0 bridgehead atoms. The van der Waals surface area contributed by atoms with Gasteiger partial charge in [0.2, 0.25) is 0 Å². The van der Waals surface area contributed by atoms with Gasteiger partial charge in [-0.15, -0.1) is 0 Å². The number of nitrogens with one attached hydrogen (secondary N) is 1. The van der Waals surface area contributed by atoms with Crippen LogP contribution < -0.4 is 5.48 Å². The molecule has 0 aliphatic carbocycles. The standard InChI is InChI=1S/C16H27N3O6S2/c1-5-6-9-26-15(21)19(3)11-13-10-12(18-25-13)7-8-16(2,14(20)17-22)27(4,23)24/h10,22H,5-9,11H2,1-4H3,(H,17,20). The molecule has 1 heterocycles. The van der Waals surface area contributed by atoms with Crippen molar-refractivity contribution < 1.29 is 27.7 Å². The lowest BCUT2D eigenvalue weighted by Crippen LogP contribution is -2.49. The highest BCUT2D eigenvalue weighted by molar-refractivity contribution is 8.13. The zero-order valence-corrected chi connectivity index (χ0v) is 17.7. The number of aryl methyl sites for hydroxylation is 1. The second-order valence-corrected chi connectivity index (χ2v) is 10.0. The highest BCUT2D eigenvalue weighted by atomic mass is 32.2. The predicted molar refractivity (Wildman–Crippen MR) is 102 cm³/mol. The van der Waals surface area contributed by atoms with Crippen molar-refractivity contribution >= 4 is 32.7 Å². The summed E-state index contributed by atoms with van der Waals surface area (Å²) < 4.78 is 27.3. The molecule has 11 heteroatoms. The molecule has 1 rings (SSSR count). The molecule has 0 fully saturated rings. The summed E-state index contributed by atoms with van der Waals surface area (Å²) in [5.41, 5.74) is 1.87. The van der Waals surface area contributed by atoms with Gasteiger partial charge in [-0.05, 0) is 26.2 Å². The number of carbonyl (C=O) groups is 2. The number of hydrogen-bond donors (Lipinski definition) is 2. The number of nitrogens with zero attached hydrogens (tertiary/aromatic N) is 2. The summed E-state index contributed by atoms with van der Waals surface area (Å²) in [4.78, 5) is 25.3. The largest absolute Gasteiger partial charge is 0.359 e. The van der Waals surface area contributed by atoms with Crippen LogP contribution >= 0.6 is 11.8 Å². The van der Waals surface area contributed by atoms with Crippen LogP contribution in [0.4, 0.5) is 4.79 Å². The zero-order chi connectivity index (χ0) is 20.7. The Hall–Kier alpha value is -1.59. The Kier molecular flexibility index (Phi) is 8.76. The summed E-state index contributed by atoms with van der Waals surface area (Å²) >= 11 is 1.25. The lowest BCUT2D eigenvalue weighted by molar-refractivity contribution is -0.131. The molecule has 0 aliphatic rings. The minimum absolute atomic E-state index is 0.0642. The van der Waals surface area contributed by atoms with Crippen molar-refractivity contribution in [2.45, 2.75) is 50.8 Å². The van der Waals surface area contributed by atoms with Crippen LogP contribution in [-0.4, -0.2) is 58.6 Å². The fourth-order valence-corrected chi connectivity index (χ4v) is 3.96. The molecule has 0 saturated heterocycles. The van der Waals surface area contributed by atoms with Crippen LogP contribution in [0.3, 0.4) is 0 Å². The summed E-state index contributed by atoms with van der Waals surface area (Å²) in [7, 11) is -2.10. The number of hydroxylamine groups is 1. The van der Waals surface area contributed by atoms with Crippen LogP contribution in [0.1, 0.15) is 44.6 Å². The average molecular weight is 422 g/mol. The maximum atomic E-state index is 12.0. The van der Waals surface area contributed by atoms with E-state index < -0.39 is 20.5 Å². The van der Waals surface area contributed by atoms with Gasteiger partial charge in [0.05, 0.1) is 12.2 Å². The van der Waals surface area contributed by atoms with E-state index in [1.54, 1.807) is 13.1 Å². The van der Waals surface area contributed by atoms with Gasteiger partial charge in [-0.1, -0.05) is 30.3 Å². The quantitative estimate of drug-likeness (QED) is 0.333. The van der Waals surface area contributed by atoms with E-state index in [0.717, 1.165) is 24.9 Å². The van der Waals surface area contributed by atoms with E-state index in [2.05, 4.69) is 12.1 Å². The van der Waals surface area contributed by atoms with Crippen molar-refractivity contribution in [2.24, 2.45) is 0 Å². The minimum atomic E-state index is -3.77. The van der Waals surface area contributed by atoms with Crippen molar-refractivity contribution in [3.8, 4) is 0 Å². The molecule has 1 atom stereocenters. The number of hydrogen-bond acceptors (Lipinski definition) is 8. The molecule has 154 valence electrons. The number of sulfone groups is 1. The average Bonchev–Trinajstić information content (AvgIpc) is 3.05. The third kappa shape index (κ3) is 6.51. The van der Waals surface area contributed by atoms with Gasteiger partial charge in [-0.3, -0.25) is 14.8 Å². The van der Waals surface area contributed by atoms with E-state index in [9.17, 15) is 18.0 Å². The monoisotopic (exact) mass is 421 g/mol. The maximum absolute atomic E-state index is 12.0. The second-order valence-electron chi connectivity index (χ2n) is 6.55. The third-order valence-electron chi connectivity index (χ3n) is 4.29. The molecular weight excluding hydrogens is 394 g/mol. The lowest BCUT2D eigenvalue weighted by Gasteiger charge is -2.24. The first-order valence-corrected chi connectivity index (χ1v) is 11.4. The van der Waals surface area contributed by atoms with E-state index in [1.165, 1.54) is 29.1 Å². The highest BCUT2D eigenvalue weighted by Crippen LogP contribution is 2.24. The van der Waals surface area contributed by atoms with Crippen LogP contribution in [0.25, 0.3) is 0 Å². The Bertz CT molecular complexity index is 749. The van der Waals surface area contributed by atoms with Gasteiger partial charge in [0.25, 0.3) is 11.1 Å². The molecule has 9 nitrogen and oxygen atoms in total. The normalized spacial score (nSPS) is 13.8. The van der Waals surface area contributed by atoms with Crippen molar-refractivity contribution in [3.05, 3.63) is 17.5 Å². The van der Waals surface area contributed by atoms with Crippen molar-refractivity contribution in [2.75, 3.05) is 19.1 Å². The number of aromatic nitrogens is 1. The number of carbonyl (C=O) groups excluding carboxylic acids is 2.